The molecule has 0 aliphatic rings. The highest BCUT2D eigenvalue weighted by Gasteiger charge is 2.39. The van der Waals surface area contributed by atoms with Gasteiger partial charge in [-0.3, -0.25) is 48.1 Å². The summed E-state index contributed by atoms with van der Waals surface area (Å²) in [4.78, 5) is 150. The molecule has 9 amide bonds. The second-order valence-electron chi connectivity index (χ2n) is 23.6. The Morgan fingerprint density at radius 1 is 0.517 bits per heavy atom. The van der Waals surface area contributed by atoms with Crippen LogP contribution in [-0.2, 0) is 60.8 Å². The number of aliphatic hydroxyl groups excluding tert-OH is 1. The first-order chi connectivity index (χ1) is 41.0. The van der Waals surface area contributed by atoms with Gasteiger partial charge in [-0.1, -0.05) is 139 Å². The van der Waals surface area contributed by atoms with E-state index >= 15 is 0 Å². The molecule has 0 saturated heterocycles. The van der Waals surface area contributed by atoms with Crippen LogP contribution in [-0.4, -0.2) is 159 Å². The van der Waals surface area contributed by atoms with Gasteiger partial charge in [0.15, 0.2) is 5.96 Å². The second-order valence-corrected chi connectivity index (χ2v) is 23.6. The number of aliphatic imine (C=N–C) groups is 1. The minimum Gasteiger partial charge on any atom is -0.480 e. The topological polar surface area (TPSA) is 439 Å². The Morgan fingerprint density at radius 3 is 1.36 bits per heavy atom. The standard InChI is InChI=1S/C60H101N15O12/c1-13-34(9)46(55(82)68-42(26-33(7)8)53(80)74-47(35(10)14-2)57(84)71-45(30-76)54(81)70-44(59(86)87)28-39-29-64-31-66-39)73-51(78)41(23-20-24-65-60(62)63)67-52(79)43(27-38-21-18-17-19-22-38)69-56(83)48(36(11)15-3)75-58(85)49(37(12)16-4)72-50(77)40(61)25-32(5)6/h17-19,21-22,29,31-37,40-49,76H,13-16,20,23-28,30,61H2,1-12H3,(H,64,66)(H,67,79)(H,68,82)(H,69,83)(H,70,81)(H,71,84)(H,72,77)(H,73,78)(H,74,80)(H,75,85)(H,86,87)(H4,62,63,65)/t34-,35-,36-,37-,40-,41-,42-,43-,44-,45-,46-,47-,48-,49-/m0/s1. The third kappa shape index (κ3) is 26.1. The number of aliphatic hydroxyl groups is 1. The van der Waals surface area contributed by atoms with Crippen LogP contribution in [0.25, 0.3) is 0 Å². The number of aromatic amines is 1. The Kier molecular flexibility index (Phi) is 33.4. The summed E-state index contributed by atoms with van der Waals surface area (Å²) >= 11 is 0. The summed E-state index contributed by atoms with van der Waals surface area (Å²) in [5, 5.41) is 44.3. The van der Waals surface area contributed by atoms with Gasteiger partial charge < -0.3 is 80.2 Å². The zero-order valence-corrected chi connectivity index (χ0v) is 52.9. The highest BCUT2D eigenvalue weighted by molar-refractivity contribution is 5.99. The first kappa shape index (κ1) is 75.4. The lowest BCUT2D eigenvalue weighted by atomic mass is 9.94. The number of guanidine groups is 1. The van der Waals surface area contributed by atoms with Crippen molar-refractivity contribution in [1.82, 2.24) is 57.8 Å². The fourth-order valence-electron chi connectivity index (χ4n) is 9.31. The third-order valence-electron chi connectivity index (χ3n) is 15.5. The summed E-state index contributed by atoms with van der Waals surface area (Å²) in [6, 6.07) is -4.00. The lowest BCUT2D eigenvalue weighted by Crippen LogP contribution is -2.62. The quantitative estimate of drug-likeness (QED) is 0.0242. The van der Waals surface area contributed by atoms with Gasteiger partial charge in [-0.05, 0) is 66.8 Å². The largest absolute Gasteiger partial charge is 0.480 e. The number of carbonyl (C=O) groups excluding carboxylic acids is 9. The third-order valence-corrected chi connectivity index (χ3v) is 15.5. The molecule has 488 valence electrons. The van der Waals surface area contributed by atoms with Crippen molar-refractivity contribution in [1.29, 1.82) is 0 Å². The fourth-order valence-corrected chi connectivity index (χ4v) is 9.31. The van der Waals surface area contributed by atoms with Gasteiger partial charge >= 0.3 is 5.97 Å². The number of nitrogens with zero attached hydrogens (tertiary/aromatic N) is 2. The number of aliphatic carboxylic acids is 1. The van der Waals surface area contributed by atoms with Gasteiger partial charge in [-0.25, -0.2) is 9.78 Å². The van der Waals surface area contributed by atoms with Crippen LogP contribution in [0.15, 0.2) is 47.8 Å². The number of nitrogens with two attached hydrogens (primary N) is 3. The van der Waals surface area contributed by atoms with Crippen molar-refractivity contribution in [3.63, 3.8) is 0 Å². The van der Waals surface area contributed by atoms with Crippen LogP contribution in [0, 0.1) is 35.5 Å². The Labute approximate surface area is 512 Å². The average Bonchev–Trinajstić information content (AvgIpc) is 2.82. The number of hydrogen-bond donors (Lipinski definition) is 15. The molecule has 0 aliphatic carbocycles. The maximum atomic E-state index is 14.8. The van der Waals surface area contributed by atoms with E-state index in [1.165, 1.54) is 12.5 Å². The average molecular weight is 1220 g/mol. The SMILES string of the molecule is CC[C@H](C)[C@H](NC(=O)[C@H](CC(C)C)NC(=O)[C@@H](NC(=O)[C@H](CCCN=C(N)N)NC(=O)[C@H](Cc1ccccc1)NC(=O)[C@@H](NC(=O)[C@@H](NC(=O)[C@@H](N)CC(C)C)[C@@H](C)CC)[C@@H](C)CC)[C@@H](C)CC)C(=O)N[C@@H](CO)C(=O)N[C@@H](Cc1cnc[nH]1)C(=O)O. The molecule has 1 aromatic carbocycles. The van der Waals surface area contributed by atoms with Crippen LogP contribution < -0.4 is 65.1 Å². The molecule has 14 atom stereocenters. The van der Waals surface area contributed by atoms with E-state index in [4.69, 9.17) is 17.2 Å². The van der Waals surface area contributed by atoms with Crippen LogP contribution in [0.4, 0.5) is 0 Å². The molecule has 18 N–H and O–H groups in total. The van der Waals surface area contributed by atoms with E-state index in [-0.39, 0.29) is 62.4 Å². The van der Waals surface area contributed by atoms with Crippen molar-refractivity contribution in [3.8, 4) is 0 Å². The van der Waals surface area contributed by atoms with Crippen molar-refractivity contribution in [2.24, 2.45) is 57.7 Å². The number of amides is 9. The Balaban J connectivity index is 2.53. The molecule has 1 heterocycles. The number of aromatic nitrogens is 2. The predicted molar refractivity (Wildman–Crippen MR) is 329 cm³/mol. The van der Waals surface area contributed by atoms with Crippen LogP contribution in [0.5, 0.6) is 0 Å². The van der Waals surface area contributed by atoms with E-state index in [2.05, 4.69) is 62.8 Å². The van der Waals surface area contributed by atoms with Crippen molar-refractivity contribution in [2.45, 2.75) is 208 Å². The van der Waals surface area contributed by atoms with Gasteiger partial charge in [0.25, 0.3) is 0 Å². The lowest BCUT2D eigenvalue weighted by molar-refractivity contribution is -0.142. The van der Waals surface area contributed by atoms with E-state index < -0.39 is 144 Å². The molecule has 0 saturated carbocycles. The molecule has 2 rings (SSSR count). The zero-order chi connectivity index (χ0) is 65.7. The Bertz CT molecular complexity index is 2550. The molecular formula is C60H101N15O12. The number of imidazole rings is 1. The summed E-state index contributed by atoms with van der Waals surface area (Å²) in [6.07, 6.45) is 4.65. The monoisotopic (exact) mass is 1220 g/mol. The van der Waals surface area contributed by atoms with E-state index in [0.29, 0.717) is 43.4 Å². The van der Waals surface area contributed by atoms with Gasteiger partial charge in [-0.15, -0.1) is 0 Å². The molecular weight excluding hydrogens is 1120 g/mol. The maximum absolute atomic E-state index is 14.8. The zero-order valence-electron chi connectivity index (χ0n) is 52.9. The van der Waals surface area contributed by atoms with Crippen molar-refractivity contribution in [2.75, 3.05) is 13.2 Å². The van der Waals surface area contributed by atoms with Gasteiger partial charge in [0.1, 0.15) is 54.4 Å². The fraction of sp³-hybridized carbons (Fsp3) is 0.667. The van der Waals surface area contributed by atoms with E-state index in [1.54, 1.807) is 85.7 Å². The molecule has 87 heavy (non-hydrogen) atoms. The van der Waals surface area contributed by atoms with Crippen LogP contribution >= 0.6 is 0 Å². The normalized spacial score (nSPS) is 16.2. The summed E-state index contributed by atoms with van der Waals surface area (Å²) < 4.78 is 0. The van der Waals surface area contributed by atoms with Crippen LogP contribution in [0.1, 0.15) is 146 Å². The second kappa shape index (κ2) is 38.5. The van der Waals surface area contributed by atoms with E-state index in [1.807, 2.05) is 27.7 Å². The summed E-state index contributed by atoms with van der Waals surface area (Å²) in [5.41, 5.74) is 18.5. The highest BCUT2D eigenvalue weighted by Crippen LogP contribution is 2.17. The molecule has 0 unspecified atom stereocenters. The molecule has 0 radical (unpaired) electrons. The number of carboxylic acids is 1. The predicted octanol–water partition coefficient (Wildman–Crippen LogP) is 0.292. The van der Waals surface area contributed by atoms with Gasteiger partial charge in [0.2, 0.25) is 53.2 Å². The van der Waals surface area contributed by atoms with E-state index in [0.717, 1.165) is 0 Å². The molecule has 0 bridgehead atoms. The maximum Gasteiger partial charge on any atom is 0.326 e. The number of nitrogens with one attached hydrogen (secondary N) is 10. The number of hydrogen-bond acceptors (Lipinski definition) is 14. The van der Waals surface area contributed by atoms with Crippen molar-refractivity contribution < 1.29 is 58.2 Å². The number of rotatable bonds is 40. The summed E-state index contributed by atoms with van der Waals surface area (Å²) in [6.45, 7) is 20.8. The summed E-state index contributed by atoms with van der Waals surface area (Å²) in [5.74, 6) is -10.5. The van der Waals surface area contributed by atoms with Crippen molar-refractivity contribution >= 4 is 65.1 Å². The first-order valence-electron chi connectivity index (χ1n) is 30.4. The lowest BCUT2D eigenvalue weighted by Gasteiger charge is -2.31. The number of benzene rings is 1. The molecule has 0 spiro atoms. The smallest absolute Gasteiger partial charge is 0.326 e. The summed E-state index contributed by atoms with van der Waals surface area (Å²) in [7, 11) is 0. The van der Waals surface area contributed by atoms with Gasteiger partial charge in [0.05, 0.1) is 19.0 Å². The molecule has 2 aromatic rings. The van der Waals surface area contributed by atoms with Crippen LogP contribution in [0.3, 0.4) is 0 Å². The number of carboxylic acid groups (broad SMARTS) is 1. The first-order valence-corrected chi connectivity index (χ1v) is 30.4. The molecule has 1 aromatic heterocycles. The Hall–Kier alpha value is -7.68. The minimum atomic E-state index is -1.62. The minimum absolute atomic E-state index is 0.0485. The number of carbonyl (C=O) groups is 10. The molecule has 27 heteroatoms. The van der Waals surface area contributed by atoms with E-state index in [9.17, 15) is 58.2 Å². The molecule has 27 nitrogen and oxygen atoms in total. The van der Waals surface area contributed by atoms with Crippen LogP contribution in [0.2, 0.25) is 0 Å². The molecule has 0 fully saturated rings. The van der Waals surface area contributed by atoms with Gasteiger partial charge in [-0.2, -0.15) is 0 Å². The Morgan fingerprint density at radius 2 is 0.920 bits per heavy atom. The number of H-pyrrole nitrogens is 1. The van der Waals surface area contributed by atoms with Crippen molar-refractivity contribution in [3.05, 3.63) is 54.1 Å². The highest BCUT2D eigenvalue weighted by atomic mass is 16.4. The van der Waals surface area contributed by atoms with Gasteiger partial charge in [0, 0.05) is 31.3 Å². The molecule has 0 aliphatic heterocycles.